The van der Waals surface area contributed by atoms with Crippen LogP contribution in [0.25, 0.3) is 10.9 Å². The highest BCUT2D eigenvalue weighted by Gasteiger charge is 2.18. The van der Waals surface area contributed by atoms with E-state index in [4.69, 9.17) is 4.98 Å². The second-order valence-corrected chi connectivity index (χ2v) is 5.02. The Hall–Kier alpha value is -0.870. The Morgan fingerprint density at radius 2 is 2.00 bits per heavy atom. The van der Waals surface area contributed by atoms with Crippen molar-refractivity contribution < 1.29 is 0 Å². The molecule has 2 aromatic rings. The highest BCUT2D eigenvalue weighted by atomic mass is 35.5. The Bertz CT molecular complexity index is 547. The van der Waals surface area contributed by atoms with Gasteiger partial charge in [-0.25, -0.2) is 0 Å². The van der Waals surface area contributed by atoms with Crippen molar-refractivity contribution in [3.8, 4) is 0 Å². The average Bonchev–Trinajstić information content (AvgIpc) is 2.41. The molecule has 1 atom stereocenters. The van der Waals surface area contributed by atoms with Crippen LogP contribution in [0, 0.1) is 0 Å². The smallest absolute Gasteiger partial charge is 0.0705 e. The lowest BCUT2D eigenvalue weighted by molar-refractivity contribution is 0.164. The summed E-state index contributed by atoms with van der Waals surface area (Å²) < 4.78 is 0. The normalized spacial score (nSPS) is 19.1. The maximum absolute atomic E-state index is 4.74. The average molecular weight is 314 g/mol. The summed E-state index contributed by atoms with van der Waals surface area (Å²) in [6.07, 6.45) is 0. The maximum Gasteiger partial charge on any atom is 0.0705 e. The molecule has 0 aliphatic carbocycles. The van der Waals surface area contributed by atoms with Crippen LogP contribution in [0.15, 0.2) is 36.4 Å². The molecule has 2 heterocycles. The topological polar surface area (TPSA) is 28.2 Å². The standard InChI is InChI=1S/C15H19N3.2ClH/c1-12-10-16-8-9-18(12)11-14-7-6-13-4-2-3-5-15(13)17-14;;/h2-7,12,16H,8-11H2,1H3;2*1H. The summed E-state index contributed by atoms with van der Waals surface area (Å²) in [6.45, 7) is 6.49. The SMILES string of the molecule is CC1CNCCN1Cc1ccc2ccccc2n1.Cl.Cl. The van der Waals surface area contributed by atoms with Crippen LogP contribution in [0.4, 0.5) is 0 Å². The number of aromatic nitrogens is 1. The molecule has 3 nitrogen and oxygen atoms in total. The fourth-order valence-corrected chi connectivity index (χ4v) is 2.52. The van der Waals surface area contributed by atoms with Crippen molar-refractivity contribution in [1.82, 2.24) is 15.2 Å². The number of rotatable bonds is 2. The molecule has 1 fully saturated rings. The van der Waals surface area contributed by atoms with E-state index in [0.29, 0.717) is 6.04 Å². The van der Waals surface area contributed by atoms with E-state index in [1.807, 2.05) is 6.07 Å². The van der Waals surface area contributed by atoms with E-state index < -0.39 is 0 Å². The van der Waals surface area contributed by atoms with Gasteiger partial charge < -0.3 is 5.32 Å². The number of fused-ring (bicyclic) bond motifs is 1. The zero-order chi connectivity index (χ0) is 12.4. The minimum Gasteiger partial charge on any atom is -0.314 e. The molecular formula is C15H21Cl2N3. The molecule has 0 radical (unpaired) electrons. The number of hydrogen-bond donors (Lipinski definition) is 1. The molecule has 1 aromatic carbocycles. The van der Waals surface area contributed by atoms with E-state index in [1.54, 1.807) is 0 Å². The Labute approximate surface area is 132 Å². The van der Waals surface area contributed by atoms with Crippen LogP contribution in [-0.4, -0.2) is 35.6 Å². The van der Waals surface area contributed by atoms with Crippen molar-refractivity contribution in [2.45, 2.75) is 19.5 Å². The lowest BCUT2D eigenvalue weighted by atomic mass is 10.1. The van der Waals surface area contributed by atoms with E-state index in [1.165, 1.54) is 11.1 Å². The van der Waals surface area contributed by atoms with Gasteiger partial charge in [-0.2, -0.15) is 0 Å². The van der Waals surface area contributed by atoms with E-state index >= 15 is 0 Å². The first-order valence-corrected chi connectivity index (χ1v) is 6.62. The quantitative estimate of drug-likeness (QED) is 0.924. The first kappa shape index (κ1) is 17.2. The summed E-state index contributed by atoms with van der Waals surface area (Å²) in [5, 5.41) is 4.64. The molecule has 110 valence electrons. The minimum atomic E-state index is 0. The molecule has 5 heteroatoms. The van der Waals surface area contributed by atoms with Crippen LogP contribution in [0.2, 0.25) is 0 Å². The predicted octanol–water partition coefficient (Wildman–Crippen LogP) is 2.87. The molecule has 0 amide bonds. The zero-order valence-corrected chi connectivity index (χ0v) is 13.2. The van der Waals surface area contributed by atoms with Crippen molar-refractivity contribution in [1.29, 1.82) is 0 Å². The van der Waals surface area contributed by atoms with Crippen LogP contribution >= 0.6 is 24.8 Å². The number of nitrogens with one attached hydrogen (secondary N) is 1. The van der Waals surface area contributed by atoms with Crippen LogP contribution in [0.3, 0.4) is 0 Å². The molecule has 1 aliphatic rings. The van der Waals surface area contributed by atoms with Gasteiger partial charge in [0.15, 0.2) is 0 Å². The number of para-hydroxylation sites is 1. The molecule has 0 spiro atoms. The van der Waals surface area contributed by atoms with Crippen molar-refractivity contribution in [2.75, 3.05) is 19.6 Å². The molecule has 20 heavy (non-hydrogen) atoms. The van der Waals surface area contributed by atoms with Gasteiger partial charge in [0.2, 0.25) is 0 Å². The van der Waals surface area contributed by atoms with E-state index in [-0.39, 0.29) is 24.8 Å². The molecule has 1 N–H and O–H groups in total. The third-order valence-corrected chi connectivity index (χ3v) is 3.66. The summed E-state index contributed by atoms with van der Waals surface area (Å²) in [6, 6.07) is 13.2. The Morgan fingerprint density at radius 1 is 1.20 bits per heavy atom. The van der Waals surface area contributed by atoms with Gasteiger partial charge in [-0.15, -0.1) is 24.8 Å². The zero-order valence-electron chi connectivity index (χ0n) is 11.6. The summed E-state index contributed by atoms with van der Waals surface area (Å²) in [7, 11) is 0. The van der Waals surface area contributed by atoms with Crippen molar-refractivity contribution in [2.24, 2.45) is 0 Å². The van der Waals surface area contributed by atoms with Crippen LogP contribution in [0.5, 0.6) is 0 Å². The van der Waals surface area contributed by atoms with E-state index in [0.717, 1.165) is 31.7 Å². The van der Waals surface area contributed by atoms with Crippen LogP contribution in [-0.2, 0) is 6.54 Å². The van der Waals surface area contributed by atoms with Gasteiger partial charge in [-0.1, -0.05) is 24.3 Å². The maximum atomic E-state index is 4.74. The van der Waals surface area contributed by atoms with Crippen molar-refractivity contribution in [3.63, 3.8) is 0 Å². The predicted molar refractivity (Wildman–Crippen MR) is 89.0 cm³/mol. The molecule has 1 saturated heterocycles. The Balaban J connectivity index is 0.000001000. The van der Waals surface area contributed by atoms with Crippen LogP contribution in [0.1, 0.15) is 12.6 Å². The molecule has 1 aliphatic heterocycles. The highest BCUT2D eigenvalue weighted by molar-refractivity contribution is 5.85. The molecule has 1 aromatic heterocycles. The van der Waals surface area contributed by atoms with Gasteiger partial charge in [0.25, 0.3) is 0 Å². The summed E-state index contributed by atoms with van der Waals surface area (Å²) in [5.41, 5.74) is 2.26. The molecule has 3 rings (SSSR count). The lowest BCUT2D eigenvalue weighted by Crippen LogP contribution is -2.49. The second-order valence-electron chi connectivity index (χ2n) is 5.02. The number of piperazine rings is 1. The number of nitrogens with zero attached hydrogens (tertiary/aromatic N) is 2. The van der Waals surface area contributed by atoms with E-state index in [9.17, 15) is 0 Å². The summed E-state index contributed by atoms with van der Waals surface area (Å²) >= 11 is 0. The van der Waals surface area contributed by atoms with Gasteiger partial charge >= 0.3 is 0 Å². The summed E-state index contributed by atoms with van der Waals surface area (Å²) in [4.78, 5) is 7.24. The van der Waals surface area contributed by atoms with Crippen LogP contribution < -0.4 is 5.32 Å². The number of pyridine rings is 1. The van der Waals surface area contributed by atoms with Gasteiger partial charge in [0.1, 0.15) is 0 Å². The third kappa shape index (κ3) is 3.83. The van der Waals surface area contributed by atoms with Crippen molar-refractivity contribution >= 4 is 35.7 Å². The second kappa shape index (κ2) is 7.79. The number of halogens is 2. The first-order valence-electron chi connectivity index (χ1n) is 6.62. The Morgan fingerprint density at radius 3 is 2.80 bits per heavy atom. The minimum absolute atomic E-state index is 0. The van der Waals surface area contributed by atoms with Gasteiger partial charge in [0.05, 0.1) is 11.2 Å². The third-order valence-electron chi connectivity index (χ3n) is 3.66. The highest BCUT2D eigenvalue weighted by Crippen LogP contribution is 2.14. The summed E-state index contributed by atoms with van der Waals surface area (Å²) in [5.74, 6) is 0. The number of benzene rings is 1. The molecule has 1 unspecified atom stereocenters. The molecule has 0 bridgehead atoms. The number of hydrogen-bond acceptors (Lipinski definition) is 3. The fraction of sp³-hybridized carbons (Fsp3) is 0.400. The monoisotopic (exact) mass is 313 g/mol. The Kier molecular flexibility index (Phi) is 6.69. The molecular weight excluding hydrogens is 293 g/mol. The largest absolute Gasteiger partial charge is 0.314 e. The van der Waals surface area contributed by atoms with Gasteiger partial charge in [-0.3, -0.25) is 9.88 Å². The van der Waals surface area contributed by atoms with Gasteiger partial charge in [-0.05, 0) is 19.1 Å². The van der Waals surface area contributed by atoms with Crippen molar-refractivity contribution in [3.05, 3.63) is 42.1 Å². The lowest BCUT2D eigenvalue weighted by Gasteiger charge is -2.33. The van der Waals surface area contributed by atoms with Gasteiger partial charge in [0, 0.05) is 37.6 Å². The van der Waals surface area contributed by atoms with E-state index in [2.05, 4.69) is 47.5 Å². The first-order chi connectivity index (χ1) is 8.83. The molecule has 0 saturated carbocycles. The fourth-order valence-electron chi connectivity index (χ4n) is 2.52.